The number of rotatable bonds is 7. The molecule has 146 valence electrons. The maximum atomic E-state index is 11.9. The fourth-order valence-electron chi connectivity index (χ4n) is 3.58. The summed E-state index contributed by atoms with van der Waals surface area (Å²) in [6, 6.07) is -0.367. The molecular weight excluding hydrogens is 339 g/mol. The zero-order chi connectivity index (χ0) is 18.2. The molecule has 0 spiro atoms. The molecule has 2 fully saturated rings. The number of ether oxygens (including phenoxy) is 2. The zero-order valence-corrected chi connectivity index (χ0v) is 14.5. The van der Waals surface area contributed by atoms with Crippen molar-refractivity contribution in [3.05, 3.63) is 0 Å². The van der Waals surface area contributed by atoms with Crippen LogP contribution in [0.25, 0.3) is 0 Å². The summed E-state index contributed by atoms with van der Waals surface area (Å²) in [5.41, 5.74) is -0.0356. The van der Waals surface area contributed by atoms with Crippen LogP contribution in [0, 0.1) is 0 Å². The molecule has 6 nitrogen and oxygen atoms in total. The van der Waals surface area contributed by atoms with Gasteiger partial charge in [0, 0.05) is 31.7 Å². The van der Waals surface area contributed by atoms with E-state index >= 15 is 0 Å². The monoisotopic (exact) mass is 367 g/mol. The van der Waals surface area contributed by atoms with Crippen molar-refractivity contribution in [2.24, 2.45) is 0 Å². The largest absolute Gasteiger partial charge is 0.411 e. The fourth-order valence-corrected chi connectivity index (χ4v) is 3.58. The molecule has 0 aromatic heterocycles. The van der Waals surface area contributed by atoms with Crippen LogP contribution >= 0.6 is 0 Å². The van der Waals surface area contributed by atoms with Gasteiger partial charge in [-0.1, -0.05) is 19.3 Å². The molecule has 1 heterocycles. The van der Waals surface area contributed by atoms with E-state index in [1.54, 1.807) is 0 Å². The second-order valence-electron chi connectivity index (χ2n) is 6.66. The Morgan fingerprint density at radius 3 is 2.44 bits per heavy atom. The highest BCUT2D eigenvalue weighted by Crippen LogP contribution is 2.33. The van der Waals surface area contributed by atoms with Crippen LogP contribution in [0.1, 0.15) is 32.1 Å². The van der Waals surface area contributed by atoms with Crippen molar-refractivity contribution in [2.75, 3.05) is 52.6 Å². The standard InChI is InChI=1S/C16H28F3N3O3/c17-16(18,19)13-25-9-6-20-14(23)21-12-15(4-2-1-3-5-15)22-7-10-24-11-8-22/h1-13H2,(H2,20,21,23). The average Bonchev–Trinajstić information content (AvgIpc) is 2.60. The van der Waals surface area contributed by atoms with Gasteiger partial charge < -0.3 is 20.1 Å². The van der Waals surface area contributed by atoms with E-state index in [1.807, 2.05) is 0 Å². The molecule has 2 aliphatic rings. The maximum Gasteiger partial charge on any atom is 0.411 e. The van der Waals surface area contributed by atoms with Gasteiger partial charge in [0.15, 0.2) is 0 Å². The summed E-state index contributed by atoms with van der Waals surface area (Å²) < 4.78 is 45.7. The number of morpholine rings is 1. The van der Waals surface area contributed by atoms with Crippen molar-refractivity contribution >= 4 is 6.03 Å². The number of nitrogens with one attached hydrogen (secondary N) is 2. The Balaban J connectivity index is 1.71. The van der Waals surface area contributed by atoms with Gasteiger partial charge in [-0.05, 0) is 12.8 Å². The lowest BCUT2D eigenvalue weighted by molar-refractivity contribution is -0.173. The van der Waals surface area contributed by atoms with Crippen LogP contribution in [0.2, 0.25) is 0 Å². The quantitative estimate of drug-likeness (QED) is 0.675. The number of amides is 2. The van der Waals surface area contributed by atoms with E-state index in [4.69, 9.17) is 4.74 Å². The van der Waals surface area contributed by atoms with E-state index in [2.05, 4.69) is 20.3 Å². The fraction of sp³-hybridized carbons (Fsp3) is 0.938. The third-order valence-corrected chi connectivity index (χ3v) is 4.84. The minimum Gasteiger partial charge on any atom is -0.379 e. The first kappa shape index (κ1) is 20.3. The van der Waals surface area contributed by atoms with Gasteiger partial charge in [0.2, 0.25) is 0 Å². The Labute approximate surface area is 146 Å². The van der Waals surface area contributed by atoms with Crippen LogP contribution in [0.4, 0.5) is 18.0 Å². The SMILES string of the molecule is O=C(NCCOCC(F)(F)F)NCC1(N2CCOCC2)CCCCC1. The minimum atomic E-state index is -4.34. The number of hydrogen-bond acceptors (Lipinski definition) is 4. The molecule has 1 aliphatic carbocycles. The van der Waals surface area contributed by atoms with Crippen LogP contribution < -0.4 is 10.6 Å². The molecular formula is C16H28F3N3O3. The van der Waals surface area contributed by atoms with E-state index in [9.17, 15) is 18.0 Å². The molecule has 9 heteroatoms. The second kappa shape index (κ2) is 9.59. The molecule has 1 saturated carbocycles. The lowest BCUT2D eigenvalue weighted by Gasteiger charge is -2.48. The van der Waals surface area contributed by atoms with E-state index < -0.39 is 12.8 Å². The average molecular weight is 367 g/mol. The smallest absolute Gasteiger partial charge is 0.379 e. The van der Waals surface area contributed by atoms with E-state index in [0.29, 0.717) is 19.8 Å². The Kier molecular flexibility index (Phi) is 7.77. The summed E-state index contributed by atoms with van der Waals surface area (Å²) in [5, 5.41) is 5.43. The predicted octanol–water partition coefficient (Wildman–Crippen LogP) is 1.90. The first-order chi connectivity index (χ1) is 11.9. The summed E-state index contributed by atoms with van der Waals surface area (Å²) in [4.78, 5) is 14.3. The van der Waals surface area contributed by atoms with Gasteiger partial charge in [-0.15, -0.1) is 0 Å². The highest BCUT2D eigenvalue weighted by atomic mass is 19.4. The van der Waals surface area contributed by atoms with Gasteiger partial charge in [0.05, 0.1) is 19.8 Å². The van der Waals surface area contributed by atoms with Gasteiger partial charge in [0.1, 0.15) is 6.61 Å². The molecule has 0 aromatic rings. The number of urea groups is 1. The van der Waals surface area contributed by atoms with Crippen molar-refractivity contribution in [2.45, 2.75) is 43.8 Å². The van der Waals surface area contributed by atoms with Crippen molar-refractivity contribution in [1.29, 1.82) is 0 Å². The van der Waals surface area contributed by atoms with Crippen molar-refractivity contribution in [1.82, 2.24) is 15.5 Å². The first-order valence-corrected chi connectivity index (χ1v) is 8.90. The minimum absolute atomic E-state index is 0.0356. The first-order valence-electron chi connectivity index (χ1n) is 8.90. The van der Waals surface area contributed by atoms with E-state index in [1.165, 1.54) is 6.42 Å². The molecule has 0 bridgehead atoms. The third kappa shape index (κ3) is 6.99. The van der Waals surface area contributed by atoms with Crippen molar-refractivity contribution in [3.63, 3.8) is 0 Å². The highest BCUT2D eigenvalue weighted by molar-refractivity contribution is 5.73. The lowest BCUT2D eigenvalue weighted by Crippen LogP contribution is -2.60. The molecule has 0 atom stereocenters. The maximum absolute atomic E-state index is 11.9. The Hall–Kier alpha value is -1.06. The Morgan fingerprint density at radius 1 is 1.12 bits per heavy atom. The summed E-state index contributed by atoms with van der Waals surface area (Å²) in [5.74, 6) is 0. The molecule has 2 N–H and O–H groups in total. The number of halogens is 3. The molecule has 1 aliphatic heterocycles. The van der Waals surface area contributed by atoms with Gasteiger partial charge >= 0.3 is 12.2 Å². The zero-order valence-electron chi connectivity index (χ0n) is 14.5. The predicted molar refractivity (Wildman–Crippen MR) is 86.5 cm³/mol. The number of alkyl halides is 3. The molecule has 0 radical (unpaired) electrons. The molecule has 25 heavy (non-hydrogen) atoms. The Bertz CT molecular complexity index is 409. The van der Waals surface area contributed by atoms with Gasteiger partial charge in [-0.2, -0.15) is 13.2 Å². The molecule has 2 amide bonds. The number of nitrogens with zero attached hydrogens (tertiary/aromatic N) is 1. The van der Waals surface area contributed by atoms with Crippen LogP contribution in [0.5, 0.6) is 0 Å². The van der Waals surface area contributed by atoms with Gasteiger partial charge in [-0.25, -0.2) is 4.79 Å². The summed E-state index contributed by atoms with van der Waals surface area (Å²) in [7, 11) is 0. The summed E-state index contributed by atoms with van der Waals surface area (Å²) >= 11 is 0. The number of carbonyl (C=O) groups is 1. The highest BCUT2D eigenvalue weighted by Gasteiger charge is 2.38. The molecule has 1 saturated heterocycles. The van der Waals surface area contributed by atoms with Crippen LogP contribution in [-0.4, -0.2) is 75.3 Å². The lowest BCUT2D eigenvalue weighted by atomic mass is 9.80. The van der Waals surface area contributed by atoms with Crippen molar-refractivity contribution < 1.29 is 27.4 Å². The summed E-state index contributed by atoms with van der Waals surface area (Å²) in [6.45, 7) is 2.30. The molecule has 2 rings (SSSR count). The normalized spacial score (nSPS) is 21.7. The van der Waals surface area contributed by atoms with Crippen LogP contribution in [-0.2, 0) is 9.47 Å². The van der Waals surface area contributed by atoms with Gasteiger partial charge in [0.25, 0.3) is 0 Å². The van der Waals surface area contributed by atoms with Crippen LogP contribution in [0.3, 0.4) is 0 Å². The molecule has 0 unspecified atom stereocenters. The number of carbonyl (C=O) groups excluding carboxylic acids is 1. The van der Waals surface area contributed by atoms with E-state index in [0.717, 1.165) is 38.8 Å². The third-order valence-electron chi connectivity index (χ3n) is 4.84. The van der Waals surface area contributed by atoms with Gasteiger partial charge in [-0.3, -0.25) is 4.90 Å². The van der Waals surface area contributed by atoms with E-state index in [-0.39, 0.29) is 24.7 Å². The summed E-state index contributed by atoms with van der Waals surface area (Å²) in [6.07, 6.45) is 1.25. The number of hydrogen-bond donors (Lipinski definition) is 2. The molecule has 0 aromatic carbocycles. The Morgan fingerprint density at radius 2 is 1.80 bits per heavy atom. The van der Waals surface area contributed by atoms with Crippen molar-refractivity contribution in [3.8, 4) is 0 Å². The second-order valence-corrected chi connectivity index (χ2v) is 6.66. The van der Waals surface area contributed by atoms with Crippen LogP contribution in [0.15, 0.2) is 0 Å². The topological polar surface area (TPSA) is 62.8 Å².